The summed E-state index contributed by atoms with van der Waals surface area (Å²) in [5, 5.41) is 3.51. The summed E-state index contributed by atoms with van der Waals surface area (Å²) in [7, 11) is -3.78. The second-order valence-electron chi connectivity index (χ2n) is 10.8. The molecule has 0 aliphatic carbocycles. The minimum Gasteiger partial charge on any atom is -0.454 e. The molecule has 234 valence electrons. The van der Waals surface area contributed by atoms with E-state index in [1.54, 1.807) is 48.5 Å². The summed E-state index contributed by atoms with van der Waals surface area (Å²) in [6.07, 6.45) is 1.29. The Morgan fingerprint density at radius 1 is 0.800 bits per heavy atom. The van der Waals surface area contributed by atoms with E-state index < -0.39 is 28.5 Å². The molecule has 2 amide bonds. The number of ether oxygens (including phenoxy) is 2. The molecule has 0 saturated carbocycles. The lowest BCUT2D eigenvalue weighted by molar-refractivity contribution is -0.141. The molecule has 1 heterocycles. The average molecular weight is 648 g/mol. The van der Waals surface area contributed by atoms with Crippen LogP contribution in [0.3, 0.4) is 0 Å². The smallest absolute Gasteiger partial charge is 0.243 e. The third-order valence-corrected chi connectivity index (χ3v) is 8.87. The first-order valence-corrected chi connectivity index (χ1v) is 16.6. The zero-order valence-electron chi connectivity index (χ0n) is 24.8. The van der Waals surface area contributed by atoms with Crippen molar-refractivity contribution >= 4 is 33.4 Å². The number of nitrogens with zero attached hydrogens (tertiary/aromatic N) is 2. The van der Waals surface area contributed by atoms with Crippen LogP contribution in [0.25, 0.3) is 0 Å². The first-order chi connectivity index (χ1) is 21.7. The molecule has 1 N–H and O–H groups in total. The van der Waals surface area contributed by atoms with Crippen molar-refractivity contribution in [1.29, 1.82) is 0 Å². The number of benzene rings is 4. The summed E-state index contributed by atoms with van der Waals surface area (Å²) in [6.45, 7) is -0.0379. The van der Waals surface area contributed by atoms with Crippen molar-refractivity contribution in [2.24, 2.45) is 0 Å². The molecule has 4 aromatic carbocycles. The Bertz CT molecular complexity index is 1720. The lowest BCUT2D eigenvalue weighted by Gasteiger charge is -2.33. The standard InChI is InChI=1S/C34H34ClN3O6S/c1-45(41,42)37(21-26-10-6-3-7-11-26)23-33(39)38(22-27-12-15-29(35)16-13-27)30(18-25-8-4-2-5-9-25)34(40)36-20-28-14-17-31-32(19-28)44-24-43-31/h2-17,19,30H,18,20-24H2,1H3,(H,36,40)/t30-/m0/s1. The van der Waals surface area contributed by atoms with Gasteiger partial charge in [0.15, 0.2) is 11.5 Å². The topological polar surface area (TPSA) is 105 Å². The van der Waals surface area contributed by atoms with Gasteiger partial charge in [0, 0.05) is 31.1 Å². The molecule has 0 bridgehead atoms. The number of sulfonamides is 1. The first kappa shape index (κ1) is 32.0. The highest BCUT2D eigenvalue weighted by Crippen LogP contribution is 2.32. The van der Waals surface area contributed by atoms with Crippen molar-refractivity contribution in [2.45, 2.75) is 32.1 Å². The van der Waals surface area contributed by atoms with Crippen LogP contribution in [-0.2, 0) is 45.7 Å². The van der Waals surface area contributed by atoms with Crippen molar-refractivity contribution in [3.05, 3.63) is 130 Å². The Kier molecular flexibility index (Phi) is 10.4. The Balaban J connectivity index is 1.45. The number of carbonyl (C=O) groups is 2. The van der Waals surface area contributed by atoms with Gasteiger partial charge in [0.1, 0.15) is 6.04 Å². The maximum atomic E-state index is 14.2. The minimum absolute atomic E-state index is 0.0138. The quantitative estimate of drug-likeness (QED) is 0.224. The highest BCUT2D eigenvalue weighted by molar-refractivity contribution is 7.88. The van der Waals surface area contributed by atoms with E-state index in [1.165, 1.54) is 4.90 Å². The number of carbonyl (C=O) groups excluding carboxylic acids is 2. The number of halogens is 1. The van der Waals surface area contributed by atoms with E-state index in [9.17, 15) is 18.0 Å². The number of amides is 2. The molecular formula is C34H34ClN3O6S. The number of rotatable bonds is 13. The van der Waals surface area contributed by atoms with Gasteiger partial charge in [-0.05, 0) is 46.5 Å². The van der Waals surface area contributed by atoms with Gasteiger partial charge in [0.25, 0.3) is 0 Å². The second-order valence-corrected chi connectivity index (χ2v) is 13.2. The zero-order valence-corrected chi connectivity index (χ0v) is 26.3. The van der Waals surface area contributed by atoms with Gasteiger partial charge in [-0.15, -0.1) is 0 Å². The summed E-state index contributed by atoms with van der Waals surface area (Å²) in [5.74, 6) is 0.345. The summed E-state index contributed by atoms with van der Waals surface area (Å²) >= 11 is 6.13. The van der Waals surface area contributed by atoms with Gasteiger partial charge in [0.05, 0.1) is 12.8 Å². The van der Waals surface area contributed by atoms with Gasteiger partial charge >= 0.3 is 0 Å². The molecule has 0 fully saturated rings. The molecule has 1 atom stereocenters. The summed E-state index contributed by atoms with van der Waals surface area (Å²) in [4.78, 5) is 29.6. The van der Waals surface area contributed by atoms with E-state index in [4.69, 9.17) is 21.1 Å². The van der Waals surface area contributed by atoms with E-state index in [2.05, 4.69) is 5.32 Å². The van der Waals surface area contributed by atoms with Gasteiger partial charge in [-0.1, -0.05) is 90.5 Å². The summed E-state index contributed by atoms with van der Waals surface area (Å²) < 4.78 is 37.7. The molecule has 0 unspecified atom stereocenters. The predicted molar refractivity (Wildman–Crippen MR) is 172 cm³/mol. The lowest BCUT2D eigenvalue weighted by Crippen LogP contribution is -2.53. The van der Waals surface area contributed by atoms with Gasteiger partial charge in [-0.2, -0.15) is 4.31 Å². The Labute approximate surface area is 268 Å². The van der Waals surface area contributed by atoms with Crippen molar-refractivity contribution in [3.63, 3.8) is 0 Å². The fourth-order valence-electron chi connectivity index (χ4n) is 5.02. The third kappa shape index (κ3) is 8.85. The van der Waals surface area contributed by atoms with E-state index in [-0.39, 0.29) is 38.8 Å². The lowest BCUT2D eigenvalue weighted by atomic mass is 10.0. The molecule has 0 saturated heterocycles. The van der Waals surface area contributed by atoms with Crippen LogP contribution in [0.5, 0.6) is 11.5 Å². The van der Waals surface area contributed by atoms with Crippen LogP contribution in [0, 0.1) is 0 Å². The molecule has 11 heteroatoms. The van der Waals surface area contributed by atoms with Crippen LogP contribution in [0.1, 0.15) is 22.3 Å². The fraction of sp³-hybridized carbons (Fsp3) is 0.235. The Morgan fingerprint density at radius 2 is 1.40 bits per heavy atom. The predicted octanol–water partition coefficient (Wildman–Crippen LogP) is 4.79. The van der Waals surface area contributed by atoms with Crippen LogP contribution < -0.4 is 14.8 Å². The fourth-order valence-corrected chi connectivity index (χ4v) is 5.87. The van der Waals surface area contributed by atoms with Crippen LogP contribution in [0.4, 0.5) is 0 Å². The molecule has 0 spiro atoms. The molecule has 1 aliphatic heterocycles. The highest BCUT2D eigenvalue weighted by Gasteiger charge is 2.33. The maximum absolute atomic E-state index is 14.2. The largest absolute Gasteiger partial charge is 0.454 e. The van der Waals surface area contributed by atoms with Crippen LogP contribution in [-0.4, -0.2) is 55.1 Å². The first-order valence-electron chi connectivity index (χ1n) is 14.4. The number of hydrogen-bond acceptors (Lipinski definition) is 6. The molecule has 45 heavy (non-hydrogen) atoms. The van der Waals surface area contributed by atoms with Crippen LogP contribution in [0.2, 0.25) is 5.02 Å². The molecule has 0 radical (unpaired) electrons. The van der Waals surface area contributed by atoms with E-state index >= 15 is 0 Å². The number of fused-ring (bicyclic) bond motifs is 1. The SMILES string of the molecule is CS(=O)(=O)N(CC(=O)N(Cc1ccc(Cl)cc1)[C@@H](Cc1ccccc1)C(=O)NCc1ccc2c(c1)OCO2)Cc1ccccc1. The highest BCUT2D eigenvalue weighted by atomic mass is 35.5. The van der Waals surface area contributed by atoms with Crippen molar-refractivity contribution in [1.82, 2.24) is 14.5 Å². The molecule has 9 nitrogen and oxygen atoms in total. The van der Waals surface area contributed by atoms with Crippen LogP contribution in [0.15, 0.2) is 103 Å². The Hall–Kier alpha value is -4.38. The van der Waals surface area contributed by atoms with Crippen LogP contribution >= 0.6 is 11.6 Å². The molecule has 4 aromatic rings. The average Bonchev–Trinajstić information content (AvgIpc) is 3.51. The monoisotopic (exact) mass is 647 g/mol. The van der Waals surface area contributed by atoms with Crippen molar-refractivity contribution in [2.75, 3.05) is 19.6 Å². The Morgan fingerprint density at radius 3 is 2.07 bits per heavy atom. The molecule has 5 rings (SSSR count). The third-order valence-electron chi connectivity index (χ3n) is 7.42. The van der Waals surface area contributed by atoms with Crippen molar-refractivity contribution in [3.8, 4) is 11.5 Å². The summed E-state index contributed by atoms with van der Waals surface area (Å²) in [6, 6.07) is 29.9. The maximum Gasteiger partial charge on any atom is 0.243 e. The number of hydrogen-bond donors (Lipinski definition) is 1. The van der Waals surface area contributed by atoms with E-state index in [0.29, 0.717) is 16.5 Å². The second kappa shape index (κ2) is 14.6. The van der Waals surface area contributed by atoms with E-state index in [1.807, 2.05) is 54.6 Å². The van der Waals surface area contributed by atoms with Gasteiger partial charge in [-0.25, -0.2) is 8.42 Å². The van der Waals surface area contributed by atoms with Gasteiger partial charge < -0.3 is 19.7 Å². The van der Waals surface area contributed by atoms with Gasteiger partial charge in [-0.3, -0.25) is 9.59 Å². The van der Waals surface area contributed by atoms with Gasteiger partial charge in [0.2, 0.25) is 28.6 Å². The summed E-state index contributed by atoms with van der Waals surface area (Å²) in [5.41, 5.74) is 3.12. The zero-order chi connectivity index (χ0) is 31.8. The van der Waals surface area contributed by atoms with E-state index in [0.717, 1.165) is 32.8 Å². The normalized spacial score (nSPS) is 13.0. The number of nitrogens with one attached hydrogen (secondary N) is 1. The molecular weight excluding hydrogens is 614 g/mol. The molecule has 0 aromatic heterocycles. The van der Waals surface area contributed by atoms with Crippen molar-refractivity contribution < 1.29 is 27.5 Å². The molecule has 1 aliphatic rings. The minimum atomic E-state index is -3.78.